The van der Waals surface area contributed by atoms with E-state index in [9.17, 15) is 4.79 Å². The van der Waals surface area contributed by atoms with Crippen molar-refractivity contribution in [3.8, 4) is 0 Å². The Morgan fingerprint density at radius 3 is 2.38 bits per heavy atom. The molecule has 0 radical (unpaired) electrons. The Balaban J connectivity index is 3.53. The van der Waals surface area contributed by atoms with Gasteiger partial charge in [-0.3, -0.25) is 4.79 Å². The van der Waals surface area contributed by atoms with Crippen LogP contribution in [0.5, 0.6) is 0 Å². The van der Waals surface area contributed by atoms with E-state index in [1.54, 1.807) is 14.1 Å². The molecule has 0 spiro atoms. The maximum Gasteiger partial charge on any atom is 0.302 e. The largest absolute Gasteiger partial charge is 0.342 e. The van der Waals surface area contributed by atoms with Gasteiger partial charge in [-0.15, -0.1) is 0 Å². The molecule has 0 aliphatic heterocycles. The second-order valence-electron chi connectivity index (χ2n) is 1.60. The Labute approximate surface area is 48.7 Å². The Bertz CT molecular complexity index is 123. The topological polar surface area (TPSA) is 24.7 Å². The third-order valence-corrected chi connectivity index (χ3v) is 0.713. The van der Waals surface area contributed by atoms with Crippen molar-refractivity contribution >= 4 is 5.91 Å². The molecule has 0 rings (SSSR count). The van der Waals surface area contributed by atoms with E-state index in [2.05, 4.69) is 4.85 Å². The summed E-state index contributed by atoms with van der Waals surface area (Å²) in [6.45, 7) is 6.27. The van der Waals surface area contributed by atoms with Crippen molar-refractivity contribution in [2.75, 3.05) is 20.6 Å². The zero-order chi connectivity index (χ0) is 6.57. The van der Waals surface area contributed by atoms with Gasteiger partial charge >= 0.3 is 5.91 Å². The summed E-state index contributed by atoms with van der Waals surface area (Å²) in [7, 11) is 3.26. The summed E-state index contributed by atoms with van der Waals surface area (Å²) in [6.07, 6.45) is 0. The minimum Gasteiger partial charge on any atom is -0.342 e. The fourth-order valence-electron chi connectivity index (χ4n) is 0.209. The van der Waals surface area contributed by atoms with Crippen LogP contribution >= 0.6 is 0 Å². The molecular weight excluding hydrogens is 104 g/mol. The van der Waals surface area contributed by atoms with E-state index in [-0.39, 0.29) is 12.5 Å². The van der Waals surface area contributed by atoms with Crippen molar-refractivity contribution in [1.82, 2.24) is 4.90 Å². The number of amides is 1. The van der Waals surface area contributed by atoms with Crippen LogP contribution in [0.3, 0.4) is 0 Å². The highest BCUT2D eigenvalue weighted by atomic mass is 16.2. The van der Waals surface area contributed by atoms with E-state index < -0.39 is 0 Å². The van der Waals surface area contributed by atoms with Crippen LogP contribution in [-0.2, 0) is 4.79 Å². The maximum absolute atomic E-state index is 10.5. The van der Waals surface area contributed by atoms with Gasteiger partial charge in [0.15, 0.2) is 0 Å². The summed E-state index contributed by atoms with van der Waals surface area (Å²) in [6, 6.07) is 0. The first kappa shape index (κ1) is 6.96. The molecule has 8 heavy (non-hydrogen) atoms. The first-order chi connectivity index (χ1) is 3.68. The molecule has 44 valence electrons. The highest BCUT2D eigenvalue weighted by Crippen LogP contribution is 1.77. The van der Waals surface area contributed by atoms with Gasteiger partial charge in [-0.25, -0.2) is 6.57 Å². The Morgan fingerprint density at radius 1 is 1.75 bits per heavy atom. The standard InChI is InChI=1S/C5H8N2O/c1-6-4-5(8)7(2)3/h4H2,2-3H3. The number of likely N-dealkylation sites (N-methyl/N-ethyl adjacent to an activating group) is 1. The van der Waals surface area contributed by atoms with Gasteiger partial charge in [-0.2, -0.15) is 0 Å². The zero-order valence-corrected chi connectivity index (χ0v) is 5.01. The highest BCUT2D eigenvalue weighted by Gasteiger charge is 2.03. The molecule has 0 bridgehead atoms. The molecular formula is C5H8N2O. The smallest absolute Gasteiger partial charge is 0.302 e. The van der Waals surface area contributed by atoms with Crippen molar-refractivity contribution in [2.24, 2.45) is 0 Å². The molecule has 0 aromatic rings. The van der Waals surface area contributed by atoms with Crippen LogP contribution in [0.25, 0.3) is 4.85 Å². The molecule has 0 atom stereocenters. The molecule has 0 aromatic carbocycles. The Kier molecular flexibility index (Phi) is 2.63. The fraction of sp³-hybridized carbons (Fsp3) is 0.600. The number of nitrogens with zero attached hydrogens (tertiary/aromatic N) is 2. The van der Waals surface area contributed by atoms with Gasteiger partial charge in [0, 0.05) is 14.1 Å². The van der Waals surface area contributed by atoms with Gasteiger partial charge in [0.25, 0.3) is 6.54 Å². The van der Waals surface area contributed by atoms with Crippen LogP contribution in [0.2, 0.25) is 0 Å². The first-order valence-corrected chi connectivity index (χ1v) is 2.22. The number of carbonyl (C=O) groups excluding carboxylic acids is 1. The summed E-state index contributed by atoms with van der Waals surface area (Å²) in [4.78, 5) is 14.8. The van der Waals surface area contributed by atoms with Gasteiger partial charge < -0.3 is 9.74 Å². The minimum absolute atomic E-state index is 0.0347. The lowest BCUT2D eigenvalue weighted by Crippen LogP contribution is -2.23. The van der Waals surface area contributed by atoms with E-state index in [1.807, 2.05) is 0 Å². The van der Waals surface area contributed by atoms with E-state index in [0.717, 1.165) is 0 Å². The predicted octanol–water partition coefficient (Wildman–Crippen LogP) is -0.00611. The number of hydrogen-bond donors (Lipinski definition) is 0. The molecule has 3 heteroatoms. The van der Waals surface area contributed by atoms with Crippen LogP contribution in [0.4, 0.5) is 0 Å². The molecule has 0 aliphatic carbocycles. The van der Waals surface area contributed by atoms with Crippen LogP contribution in [0, 0.1) is 6.57 Å². The van der Waals surface area contributed by atoms with E-state index in [0.29, 0.717) is 0 Å². The van der Waals surface area contributed by atoms with Gasteiger partial charge in [-0.1, -0.05) is 0 Å². The monoisotopic (exact) mass is 112 g/mol. The van der Waals surface area contributed by atoms with E-state index in [1.165, 1.54) is 4.90 Å². The predicted molar refractivity (Wildman–Crippen MR) is 30.2 cm³/mol. The first-order valence-electron chi connectivity index (χ1n) is 2.22. The van der Waals surface area contributed by atoms with Crippen molar-refractivity contribution in [3.63, 3.8) is 0 Å². The summed E-state index contributed by atoms with van der Waals surface area (Å²) in [5.74, 6) is -0.139. The zero-order valence-electron chi connectivity index (χ0n) is 5.01. The number of rotatable bonds is 1. The lowest BCUT2D eigenvalue weighted by molar-refractivity contribution is -0.126. The quantitative estimate of drug-likeness (QED) is 0.438. The SMILES string of the molecule is [C-]#[N+]CC(=O)N(C)C. The lowest BCUT2D eigenvalue weighted by atomic mass is 10.6. The van der Waals surface area contributed by atoms with Crippen LogP contribution in [0.1, 0.15) is 0 Å². The van der Waals surface area contributed by atoms with Gasteiger partial charge in [-0.05, 0) is 0 Å². The molecule has 1 amide bonds. The molecule has 0 aromatic heterocycles. The molecule has 0 aliphatic rings. The molecule has 0 N–H and O–H groups in total. The molecule has 0 fully saturated rings. The van der Waals surface area contributed by atoms with Gasteiger partial charge in [0.05, 0.1) is 0 Å². The van der Waals surface area contributed by atoms with Crippen molar-refractivity contribution in [2.45, 2.75) is 0 Å². The molecule has 0 saturated carbocycles. The van der Waals surface area contributed by atoms with E-state index in [4.69, 9.17) is 6.57 Å². The molecule has 0 unspecified atom stereocenters. The Morgan fingerprint density at radius 2 is 2.25 bits per heavy atom. The third kappa shape index (κ3) is 2.19. The van der Waals surface area contributed by atoms with Gasteiger partial charge in [0.1, 0.15) is 0 Å². The highest BCUT2D eigenvalue weighted by molar-refractivity contribution is 5.78. The Hall–Kier alpha value is -1.04. The van der Waals surface area contributed by atoms with E-state index >= 15 is 0 Å². The average molecular weight is 112 g/mol. The summed E-state index contributed by atoms with van der Waals surface area (Å²) in [5.41, 5.74) is 0. The van der Waals surface area contributed by atoms with Crippen molar-refractivity contribution < 1.29 is 4.79 Å². The minimum atomic E-state index is -0.139. The van der Waals surface area contributed by atoms with Crippen molar-refractivity contribution in [1.29, 1.82) is 0 Å². The third-order valence-electron chi connectivity index (χ3n) is 0.713. The second kappa shape index (κ2) is 3.03. The maximum atomic E-state index is 10.5. The molecule has 0 saturated heterocycles. The molecule has 3 nitrogen and oxygen atoms in total. The van der Waals surface area contributed by atoms with Crippen LogP contribution in [-0.4, -0.2) is 31.4 Å². The summed E-state index contributed by atoms with van der Waals surface area (Å²) < 4.78 is 0. The summed E-state index contributed by atoms with van der Waals surface area (Å²) in [5, 5.41) is 0. The fourth-order valence-corrected chi connectivity index (χ4v) is 0.209. The summed E-state index contributed by atoms with van der Waals surface area (Å²) >= 11 is 0. The lowest BCUT2D eigenvalue weighted by Gasteiger charge is -2.02. The molecule has 0 heterocycles. The normalized spacial score (nSPS) is 7.62. The average Bonchev–Trinajstić information content (AvgIpc) is 1.67. The second-order valence-corrected chi connectivity index (χ2v) is 1.60. The van der Waals surface area contributed by atoms with Crippen molar-refractivity contribution in [3.05, 3.63) is 11.4 Å². The van der Waals surface area contributed by atoms with Crippen LogP contribution < -0.4 is 0 Å². The van der Waals surface area contributed by atoms with Gasteiger partial charge in [0.2, 0.25) is 0 Å². The number of carbonyl (C=O) groups is 1. The number of hydrogen-bond acceptors (Lipinski definition) is 1. The van der Waals surface area contributed by atoms with Crippen LogP contribution in [0.15, 0.2) is 0 Å².